The molecule has 0 saturated carbocycles. The molecule has 7 heteroatoms. The van der Waals surface area contributed by atoms with Gasteiger partial charge in [-0.25, -0.2) is 0 Å². The molecule has 0 radical (unpaired) electrons. The molecule has 0 aliphatic carbocycles. The Labute approximate surface area is 173 Å². The summed E-state index contributed by atoms with van der Waals surface area (Å²) in [6.07, 6.45) is 5.51. The van der Waals surface area contributed by atoms with Crippen molar-refractivity contribution in [3.05, 3.63) is 59.7 Å². The first kappa shape index (κ1) is 20.2. The van der Waals surface area contributed by atoms with Crippen LogP contribution in [0.3, 0.4) is 0 Å². The van der Waals surface area contributed by atoms with Crippen molar-refractivity contribution in [1.82, 2.24) is 4.90 Å². The molecular weight excluding hydrogens is 392 g/mol. The predicted octanol–water partition coefficient (Wildman–Crippen LogP) is 4.83. The van der Waals surface area contributed by atoms with E-state index in [1.165, 1.54) is 18.2 Å². The molecule has 158 valence electrons. The van der Waals surface area contributed by atoms with Crippen LogP contribution in [-0.4, -0.2) is 37.2 Å². The van der Waals surface area contributed by atoms with Crippen molar-refractivity contribution < 1.29 is 27.8 Å². The van der Waals surface area contributed by atoms with E-state index in [1.807, 2.05) is 18.2 Å². The van der Waals surface area contributed by atoms with E-state index < -0.39 is 6.61 Å². The molecule has 0 unspecified atom stereocenters. The second-order valence-corrected chi connectivity index (χ2v) is 7.20. The van der Waals surface area contributed by atoms with Crippen LogP contribution in [0.25, 0.3) is 6.08 Å². The number of rotatable bonds is 5. The number of carbonyl (C=O) groups is 1. The van der Waals surface area contributed by atoms with Crippen molar-refractivity contribution >= 4 is 12.0 Å². The average molecular weight is 415 g/mol. The molecule has 2 aromatic carbocycles. The third kappa shape index (κ3) is 4.56. The number of hydrogen-bond acceptors (Lipinski definition) is 4. The molecule has 1 saturated heterocycles. The fraction of sp³-hybridized carbons (Fsp3) is 0.348. The Balaban J connectivity index is 1.51. The molecule has 2 aliphatic rings. The first-order valence-electron chi connectivity index (χ1n) is 10.0. The number of halogens is 2. The Hall–Kier alpha value is -3.09. The zero-order chi connectivity index (χ0) is 20.9. The Bertz CT molecular complexity index is 931. The number of likely N-dealkylation sites (tertiary alicyclic amines) is 1. The topological polar surface area (TPSA) is 48.0 Å². The Morgan fingerprint density at radius 3 is 2.73 bits per heavy atom. The maximum atomic E-state index is 12.9. The molecule has 1 fully saturated rings. The lowest BCUT2D eigenvalue weighted by atomic mass is 10.0. The third-order valence-electron chi connectivity index (χ3n) is 5.23. The number of fused-ring (bicyclic) bond motifs is 1. The predicted molar refractivity (Wildman–Crippen MR) is 108 cm³/mol. The van der Waals surface area contributed by atoms with Gasteiger partial charge >= 0.3 is 6.61 Å². The van der Waals surface area contributed by atoms with Crippen molar-refractivity contribution in [2.45, 2.75) is 31.9 Å². The zero-order valence-corrected chi connectivity index (χ0v) is 16.4. The SMILES string of the molecule is O=C(/C=C/c1ccccc1OC(F)F)N1CCC[C@@H]1c1ccc2c(c1)OCCCO2. The summed E-state index contributed by atoms with van der Waals surface area (Å²) in [7, 11) is 0. The van der Waals surface area contributed by atoms with Gasteiger partial charge in [0.25, 0.3) is 0 Å². The third-order valence-corrected chi connectivity index (χ3v) is 5.23. The maximum Gasteiger partial charge on any atom is 0.387 e. The summed E-state index contributed by atoms with van der Waals surface area (Å²) < 4.78 is 41.2. The molecule has 0 bridgehead atoms. The van der Waals surface area contributed by atoms with Gasteiger partial charge in [0.05, 0.1) is 19.3 Å². The van der Waals surface area contributed by atoms with E-state index in [0.29, 0.717) is 31.1 Å². The van der Waals surface area contributed by atoms with E-state index in [-0.39, 0.29) is 17.7 Å². The van der Waals surface area contributed by atoms with Gasteiger partial charge in [0.1, 0.15) is 5.75 Å². The Morgan fingerprint density at radius 2 is 1.90 bits per heavy atom. The lowest BCUT2D eigenvalue weighted by Gasteiger charge is -2.24. The minimum atomic E-state index is -2.92. The Morgan fingerprint density at radius 1 is 1.10 bits per heavy atom. The molecule has 2 aromatic rings. The van der Waals surface area contributed by atoms with Crippen LogP contribution in [-0.2, 0) is 4.79 Å². The van der Waals surface area contributed by atoms with Crippen LogP contribution in [0.1, 0.15) is 36.4 Å². The number of amides is 1. The second kappa shape index (κ2) is 9.15. The Kier molecular flexibility index (Phi) is 6.16. The fourth-order valence-electron chi connectivity index (χ4n) is 3.84. The number of alkyl halides is 2. The maximum absolute atomic E-state index is 12.9. The molecule has 0 aromatic heterocycles. The van der Waals surface area contributed by atoms with Crippen molar-refractivity contribution in [2.75, 3.05) is 19.8 Å². The van der Waals surface area contributed by atoms with Gasteiger partial charge in [-0.1, -0.05) is 24.3 Å². The molecule has 2 aliphatic heterocycles. The number of hydrogen-bond donors (Lipinski definition) is 0. The van der Waals surface area contributed by atoms with Gasteiger partial charge in [0.15, 0.2) is 11.5 Å². The molecule has 0 N–H and O–H groups in total. The fourth-order valence-corrected chi connectivity index (χ4v) is 3.84. The summed E-state index contributed by atoms with van der Waals surface area (Å²) in [6, 6.07) is 12.2. The van der Waals surface area contributed by atoms with Crippen molar-refractivity contribution in [3.8, 4) is 17.2 Å². The number of para-hydroxylation sites is 1. The number of ether oxygens (including phenoxy) is 3. The molecule has 30 heavy (non-hydrogen) atoms. The summed E-state index contributed by atoms with van der Waals surface area (Å²) in [5.41, 5.74) is 1.43. The minimum Gasteiger partial charge on any atom is -0.490 e. The highest BCUT2D eigenvalue weighted by Crippen LogP contribution is 2.38. The van der Waals surface area contributed by atoms with Crippen molar-refractivity contribution in [1.29, 1.82) is 0 Å². The summed E-state index contributed by atoms with van der Waals surface area (Å²) in [6.45, 7) is -1.05. The first-order chi connectivity index (χ1) is 14.6. The highest BCUT2D eigenvalue weighted by atomic mass is 19.3. The summed E-state index contributed by atoms with van der Waals surface area (Å²) >= 11 is 0. The standard InChI is InChI=1S/C23H23F2NO4/c24-23(25)30-19-7-2-1-5-16(19)9-11-22(27)26-12-3-6-18(26)17-8-10-20-21(15-17)29-14-4-13-28-20/h1-2,5,7-11,15,18,23H,3-4,6,12-14H2/b11-9+/t18-/m1/s1. The van der Waals surface area contributed by atoms with Crippen LogP contribution >= 0.6 is 0 Å². The molecule has 5 nitrogen and oxygen atoms in total. The van der Waals surface area contributed by atoms with Crippen molar-refractivity contribution in [2.24, 2.45) is 0 Å². The van der Waals surface area contributed by atoms with Crippen LogP contribution in [0.15, 0.2) is 48.5 Å². The number of carbonyl (C=O) groups excluding carboxylic acids is 1. The molecule has 1 amide bonds. The molecule has 2 heterocycles. The van der Waals surface area contributed by atoms with Gasteiger partial charge in [-0.2, -0.15) is 8.78 Å². The lowest BCUT2D eigenvalue weighted by Crippen LogP contribution is -2.28. The van der Waals surface area contributed by atoms with Gasteiger partial charge in [-0.15, -0.1) is 0 Å². The van der Waals surface area contributed by atoms with Crippen LogP contribution in [0.4, 0.5) is 8.78 Å². The summed E-state index contributed by atoms with van der Waals surface area (Å²) in [4.78, 5) is 14.7. The van der Waals surface area contributed by atoms with Gasteiger partial charge in [-0.05, 0) is 42.7 Å². The quantitative estimate of drug-likeness (QED) is 0.657. The number of nitrogens with zero attached hydrogens (tertiary/aromatic N) is 1. The normalized spacial score (nSPS) is 18.6. The summed E-state index contributed by atoms with van der Waals surface area (Å²) in [5.74, 6) is 1.30. The van der Waals surface area contributed by atoms with Crippen LogP contribution < -0.4 is 14.2 Å². The second-order valence-electron chi connectivity index (χ2n) is 7.20. The summed E-state index contributed by atoms with van der Waals surface area (Å²) in [5, 5.41) is 0. The highest BCUT2D eigenvalue weighted by molar-refractivity contribution is 5.92. The van der Waals surface area contributed by atoms with Crippen molar-refractivity contribution in [3.63, 3.8) is 0 Å². The molecular formula is C23H23F2NO4. The van der Waals surface area contributed by atoms with Crippen LogP contribution in [0.5, 0.6) is 17.2 Å². The van der Waals surface area contributed by atoms with Gasteiger partial charge in [0, 0.05) is 24.6 Å². The molecule has 1 atom stereocenters. The highest BCUT2D eigenvalue weighted by Gasteiger charge is 2.29. The first-order valence-corrected chi connectivity index (χ1v) is 10.0. The average Bonchev–Trinajstić information content (AvgIpc) is 3.11. The van der Waals surface area contributed by atoms with E-state index in [9.17, 15) is 13.6 Å². The smallest absolute Gasteiger partial charge is 0.387 e. The van der Waals surface area contributed by atoms with E-state index in [4.69, 9.17) is 9.47 Å². The number of benzene rings is 2. The molecule has 4 rings (SSSR count). The minimum absolute atomic E-state index is 0.0393. The van der Waals surface area contributed by atoms with E-state index >= 15 is 0 Å². The molecule has 0 spiro atoms. The lowest BCUT2D eigenvalue weighted by molar-refractivity contribution is -0.126. The van der Waals surface area contributed by atoms with Gasteiger partial charge in [-0.3, -0.25) is 4.79 Å². The monoisotopic (exact) mass is 415 g/mol. The van der Waals surface area contributed by atoms with Crippen LogP contribution in [0, 0.1) is 0 Å². The van der Waals surface area contributed by atoms with E-state index in [2.05, 4.69) is 4.74 Å². The van der Waals surface area contributed by atoms with Crippen LogP contribution in [0.2, 0.25) is 0 Å². The van der Waals surface area contributed by atoms with Gasteiger partial charge in [0.2, 0.25) is 5.91 Å². The van der Waals surface area contributed by atoms with E-state index in [1.54, 1.807) is 23.1 Å². The van der Waals surface area contributed by atoms with Gasteiger partial charge < -0.3 is 19.1 Å². The van der Waals surface area contributed by atoms with E-state index in [0.717, 1.165) is 30.6 Å². The zero-order valence-electron chi connectivity index (χ0n) is 16.4. The largest absolute Gasteiger partial charge is 0.490 e.